The van der Waals surface area contributed by atoms with Gasteiger partial charge >= 0.3 is 12.0 Å². The van der Waals surface area contributed by atoms with E-state index in [1.54, 1.807) is 18.7 Å². The third kappa shape index (κ3) is 5.24. The van der Waals surface area contributed by atoms with Gasteiger partial charge in [0.15, 0.2) is 6.10 Å². The first-order valence-electron chi connectivity index (χ1n) is 10.9. The first-order valence-corrected chi connectivity index (χ1v) is 10.9. The molecule has 0 spiro atoms. The Morgan fingerprint density at radius 1 is 1.19 bits per heavy atom. The highest BCUT2D eigenvalue weighted by atomic mass is 16.5. The predicted molar refractivity (Wildman–Crippen MR) is 114 cm³/mol. The van der Waals surface area contributed by atoms with Crippen LogP contribution in [0.3, 0.4) is 0 Å². The second-order valence-corrected chi connectivity index (χ2v) is 8.60. The molecule has 0 aliphatic carbocycles. The number of imide groups is 1. The van der Waals surface area contributed by atoms with Crippen molar-refractivity contribution in [2.75, 3.05) is 19.6 Å². The van der Waals surface area contributed by atoms with Crippen molar-refractivity contribution in [2.24, 2.45) is 5.92 Å². The Bertz CT molecular complexity index is 835. The Morgan fingerprint density at radius 3 is 2.42 bits per heavy atom. The lowest BCUT2D eigenvalue weighted by molar-refractivity contribution is -0.161. The van der Waals surface area contributed by atoms with Crippen molar-refractivity contribution in [3.63, 3.8) is 0 Å². The lowest BCUT2D eigenvalue weighted by Crippen LogP contribution is -2.46. The van der Waals surface area contributed by atoms with Crippen LogP contribution in [0.25, 0.3) is 0 Å². The lowest BCUT2D eigenvalue weighted by atomic mass is 9.90. The molecule has 1 aromatic carbocycles. The van der Waals surface area contributed by atoms with Crippen molar-refractivity contribution >= 4 is 23.8 Å². The summed E-state index contributed by atoms with van der Waals surface area (Å²) in [6.07, 6.45) is 2.25. The zero-order chi connectivity index (χ0) is 22.6. The number of amides is 4. The fourth-order valence-electron chi connectivity index (χ4n) is 4.11. The summed E-state index contributed by atoms with van der Waals surface area (Å²) in [7, 11) is 0. The summed E-state index contributed by atoms with van der Waals surface area (Å²) in [5.41, 5.74) is 0.289. The van der Waals surface area contributed by atoms with Crippen molar-refractivity contribution in [2.45, 2.75) is 58.1 Å². The molecule has 2 aliphatic heterocycles. The monoisotopic (exact) mass is 429 g/mol. The SMILES string of the molecule is CCC1(C)NC(=O)N(CC(=O)OC(C)C(=O)N2CCC(Cc3ccccc3)CC2)C1=O. The number of benzene rings is 1. The lowest BCUT2D eigenvalue weighted by Gasteiger charge is -2.33. The van der Waals surface area contributed by atoms with Gasteiger partial charge in [0.2, 0.25) is 0 Å². The first-order chi connectivity index (χ1) is 14.7. The number of piperidine rings is 1. The normalized spacial score (nSPS) is 22.9. The van der Waals surface area contributed by atoms with Crippen LogP contribution in [0.4, 0.5) is 4.79 Å². The van der Waals surface area contributed by atoms with Gasteiger partial charge in [0.05, 0.1) is 0 Å². The van der Waals surface area contributed by atoms with Gasteiger partial charge in [-0.2, -0.15) is 0 Å². The van der Waals surface area contributed by atoms with E-state index >= 15 is 0 Å². The summed E-state index contributed by atoms with van der Waals surface area (Å²) in [5, 5.41) is 2.59. The van der Waals surface area contributed by atoms with Gasteiger partial charge < -0.3 is 15.0 Å². The average molecular weight is 430 g/mol. The van der Waals surface area contributed by atoms with Crippen LogP contribution >= 0.6 is 0 Å². The third-order valence-electron chi connectivity index (χ3n) is 6.29. The van der Waals surface area contributed by atoms with Gasteiger partial charge in [-0.1, -0.05) is 37.3 Å². The molecule has 3 rings (SSSR count). The van der Waals surface area contributed by atoms with E-state index in [1.165, 1.54) is 12.5 Å². The molecule has 2 fully saturated rings. The molecule has 2 saturated heterocycles. The Hall–Kier alpha value is -2.90. The van der Waals surface area contributed by atoms with Crippen molar-refractivity contribution in [1.82, 2.24) is 15.1 Å². The predicted octanol–water partition coefficient (Wildman–Crippen LogP) is 2.12. The number of esters is 1. The van der Waals surface area contributed by atoms with Crippen molar-refractivity contribution < 1.29 is 23.9 Å². The van der Waals surface area contributed by atoms with Crippen LogP contribution in [0, 0.1) is 5.92 Å². The van der Waals surface area contributed by atoms with Gasteiger partial charge in [0, 0.05) is 13.1 Å². The standard InChI is InChI=1S/C23H31N3O5/c1-4-23(3)21(29)26(22(30)24-23)15-19(27)31-16(2)20(28)25-12-10-18(11-13-25)14-17-8-6-5-7-9-17/h5-9,16,18H,4,10-15H2,1-3H3,(H,24,30). The van der Waals surface area contributed by atoms with Gasteiger partial charge in [-0.05, 0) is 51.0 Å². The Labute approximate surface area is 182 Å². The summed E-state index contributed by atoms with van der Waals surface area (Å²) in [5.74, 6) is -0.959. The number of ether oxygens (including phenoxy) is 1. The molecule has 4 amide bonds. The molecule has 8 heteroatoms. The smallest absolute Gasteiger partial charge is 0.327 e. The molecule has 1 N–H and O–H groups in total. The summed E-state index contributed by atoms with van der Waals surface area (Å²) in [6, 6.07) is 9.69. The van der Waals surface area contributed by atoms with E-state index < -0.39 is 36.1 Å². The number of hydrogen-bond acceptors (Lipinski definition) is 5. The van der Waals surface area contributed by atoms with Gasteiger partial charge in [-0.3, -0.25) is 19.3 Å². The molecule has 2 atom stereocenters. The topological polar surface area (TPSA) is 96.0 Å². The van der Waals surface area contributed by atoms with Gasteiger partial charge in [0.1, 0.15) is 12.1 Å². The molecule has 8 nitrogen and oxygen atoms in total. The number of urea groups is 1. The van der Waals surface area contributed by atoms with Crippen molar-refractivity contribution in [3.8, 4) is 0 Å². The Balaban J connectivity index is 1.46. The Morgan fingerprint density at radius 2 is 1.84 bits per heavy atom. The highest BCUT2D eigenvalue weighted by Gasteiger charge is 2.47. The highest BCUT2D eigenvalue weighted by Crippen LogP contribution is 2.23. The maximum Gasteiger partial charge on any atom is 0.327 e. The number of rotatable bonds is 7. The number of carbonyl (C=O) groups excluding carboxylic acids is 4. The second-order valence-electron chi connectivity index (χ2n) is 8.60. The molecule has 2 unspecified atom stereocenters. The van der Waals surface area contributed by atoms with Crippen LogP contribution in [0.5, 0.6) is 0 Å². The quantitative estimate of drug-likeness (QED) is 0.529. The van der Waals surface area contributed by atoms with E-state index in [-0.39, 0.29) is 5.91 Å². The van der Waals surface area contributed by atoms with Crippen LogP contribution in [0.1, 0.15) is 45.6 Å². The molecule has 31 heavy (non-hydrogen) atoms. The minimum atomic E-state index is -1.01. The minimum absolute atomic E-state index is 0.248. The van der Waals surface area contributed by atoms with Gasteiger partial charge in [0.25, 0.3) is 11.8 Å². The summed E-state index contributed by atoms with van der Waals surface area (Å²) in [6.45, 7) is 5.67. The second kappa shape index (κ2) is 9.49. The third-order valence-corrected chi connectivity index (χ3v) is 6.29. The van der Waals surface area contributed by atoms with E-state index in [4.69, 9.17) is 4.74 Å². The molecule has 0 radical (unpaired) electrons. The van der Waals surface area contributed by atoms with E-state index in [9.17, 15) is 19.2 Å². The molecular formula is C23H31N3O5. The van der Waals surface area contributed by atoms with E-state index in [1.807, 2.05) is 18.2 Å². The van der Waals surface area contributed by atoms with E-state index in [0.717, 1.165) is 24.2 Å². The molecule has 0 bridgehead atoms. The largest absolute Gasteiger partial charge is 0.451 e. The van der Waals surface area contributed by atoms with Crippen LogP contribution < -0.4 is 5.32 Å². The van der Waals surface area contributed by atoms with E-state index in [2.05, 4.69) is 17.4 Å². The number of likely N-dealkylation sites (tertiary alicyclic amines) is 1. The highest BCUT2D eigenvalue weighted by molar-refractivity contribution is 6.08. The summed E-state index contributed by atoms with van der Waals surface area (Å²) in [4.78, 5) is 52.0. The van der Waals surface area contributed by atoms with Crippen LogP contribution in [0.15, 0.2) is 30.3 Å². The zero-order valence-electron chi connectivity index (χ0n) is 18.4. The number of carbonyl (C=O) groups is 4. The van der Waals surface area contributed by atoms with Gasteiger partial charge in [-0.25, -0.2) is 4.79 Å². The number of nitrogens with zero attached hydrogens (tertiary/aromatic N) is 2. The minimum Gasteiger partial charge on any atom is -0.451 e. The molecule has 1 aromatic rings. The Kier molecular flexibility index (Phi) is 6.97. The summed E-state index contributed by atoms with van der Waals surface area (Å²) < 4.78 is 5.24. The van der Waals surface area contributed by atoms with Crippen LogP contribution in [0.2, 0.25) is 0 Å². The fourth-order valence-corrected chi connectivity index (χ4v) is 4.11. The van der Waals surface area contributed by atoms with E-state index in [0.29, 0.717) is 25.4 Å². The fraction of sp³-hybridized carbons (Fsp3) is 0.565. The van der Waals surface area contributed by atoms with Crippen molar-refractivity contribution in [1.29, 1.82) is 0 Å². The molecule has 0 saturated carbocycles. The average Bonchev–Trinajstić information content (AvgIpc) is 2.98. The molecular weight excluding hydrogens is 398 g/mol. The summed E-state index contributed by atoms with van der Waals surface area (Å²) >= 11 is 0. The van der Waals surface area contributed by atoms with Crippen LogP contribution in [-0.4, -0.2) is 64.9 Å². The molecule has 168 valence electrons. The zero-order valence-corrected chi connectivity index (χ0v) is 18.4. The molecule has 0 aromatic heterocycles. The van der Waals surface area contributed by atoms with Crippen molar-refractivity contribution in [3.05, 3.63) is 35.9 Å². The van der Waals surface area contributed by atoms with Crippen LogP contribution in [-0.2, 0) is 25.5 Å². The molecule has 2 heterocycles. The number of hydrogen-bond donors (Lipinski definition) is 1. The first kappa shape index (κ1) is 22.8. The molecule has 2 aliphatic rings. The maximum absolute atomic E-state index is 12.7. The maximum atomic E-state index is 12.7. The van der Waals surface area contributed by atoms with Gasteiger partial charge in [-0.15, -0.1) is 0 Å². The number of nitrogens with one attached hydrogen (secondary N) is 1.